The summed E-state index contributed by atoms with van der Waals surface area (Å²) < 4.78 is 0. The number of aromatic nitrogens is 2. The molecule has 0 spiro atoms. The van der Waals surface area contributed by atoms with Gasteiger partial charge in [-0.2, -0.15) is 0 Å². The van der Waals surface area contributed by atoms with E-state index in [2.05, 4.69) is 34.3 Å². The molecule has 1 aromatic heterocycles. The van der Waals surface area contributed by atoms with Crippen LogP contribution in [0.25, 0.3) is 10.9 Å². The zero-order chi connectivity index (χ0) is 13.7. The van der Waals surface area contributed by atoms with E-state index < -0.39 is 0 Å². The number of anilines is 2. The molecule has 0 saturated carbocycles. The number of nitrogens with zero attached hydrogens (tertiary/aromatic N) is 3. The van der Waals surface area contributed by atoms with E-state index in [9.17, 15) is 0 Å². The van der Waals surface area contributed by atoms with Gasteiger partial charge in [0.2, 0.25) is 0 Å². The Bertz CT molecular complexity index is 538. The summed E-state index contributed by atoms with van der Waals surface area (Å²) in [4.78, 5) is 10.7. The predicted molar refractivity (Wildman–Crippen MR) is 80.2 cm³/mol. The number of unbranched alkanes of at least 4 members (excludes halogenated alkanes) is 1. The smallest absolute Gasteiger partial charge is 0.137 e. The highest BCUT2D eigenvalue weighted by molar-refractivity contribution is 5.91. The molecule has 0 aliphatic heterocycles. The molecule has 0 unspecified atom stereocenters. The van der Waals surface area contributed by atoms with Gasteiger partial charge in [0.1, 0.15) is 12.1 Å². The molecule has 1 aromatic carbocycles. The number of rotatable bonds is 6. The summed E-state index contributed by atoms with van der Waals surface area (Å²) in [7, 11) is 4.18. The van der Waals surface area contributed by atoms with Gasteiger partial charge in [0.05, 0.1) is 5.52 Å². The van der Waals surface area contributed by atoms with Gasteiger partial charge in [-0.15, -0.1) is 0 Å². The molecule has 2 rings (SSSR count). The fraction of sp³-hybridized carbons (Fsp3) is 0.429. The van der Waals surface area contributed by atoms with Crippen molar-refractivity contribution in [3.05, 3.63) is 24.5 Å². The molecule has 0 atom stereocenters. The lowest BCUT2D eigenvalue weighted by atomic mass is 10.2. The van der Waals surface area contributed by atoms with Crippen molar-refractivity contribution in [2.24, 2.45) is 0 Å². The van der Waals surface area contributed by atoms with Crippen LogP contribution in [0.5, 0.6) is 0 Å². The van der Waals surface area contributed by atoms with Crippen LogP contribution in [0.2, 0.25) is 0 Å². The normalized spacial score (nSPS) is 11.1. The van der Waals surface area contributed by atoms with Gasteiger partial charge in [0, 0.05) is 17.6 Å². The van der Waals surface area contributed by atoms with Crippen molar-refractivity contribution < 1.29 is 0 Å². The Hall–Kier alpha value is -1.88. The van der Waals surface area contributed by atoms with E-state index in [1.807, 2.05) is 18.2 Å². The first-order valence-electron chi connectivity index (χ1n) is 6.55. The number of nitrogens with two attached hydrogens (primary N) is 1. The molecule has 19 heavy (non-hydrogen) atoms. The first kappa shape index (κ1) is 13.5. The lowest BCUT2D eigenvalue weighted by Gasteiger charge is -2.11. The lowest BCUT2D eigenvalue weighted by molar-refractivity contribution is 0.396. The van der Waals surface area contributed by atoms with E-state index in [0.717, 1.165) is 41.9 Å². The van der Waals surface area contributed by atoms with E-state index in [4.69, 9.17) is 5.73 Å². The molecule has 0 bridgehead atoms. The Kier molecular flexibility index (Phi) is 4.52. The number of nitrogens with one attached hydrogen (secondary N) is 1. The summed E-state index contributed by atoms with van der Waals surface area (Å²) in [5, 5.41) is 4.35. The molecule has 0 amide bonds. The van der Waals surface area contributed by atoms with Crippen LogP contribution in [0.1, 0.15) is 12.8 Å². The molecular weight excluding hydrogens is 238 g/mol. The van der Waals surface area contributed by atoms with E-state index in [1.165, 1.54) is 6.42 Å². The Morgan fingerprint density at radius 2 is 2.05 bits per heavy atom. The van der Waals surface area contributed by atoms with Gasteiger partial charge in [-0.3, -0.25) is 0 Å². The third-order valence-corrected chi connectivity index (χ3v) is 2.98. The third kappa shape index (κ3) is 3.79. The van der Waals surface area contributed by atoms with Crippen LogP contribution in [0.3, 0.4) is 0 Å². The molecule has 0 saturated heterocycles. The Labute approximate surface area is 113 Å². The van der Waals surface area contributed by atoms with E-state index >= 15 is 0 Å². The zero-order valence-electron chi connectivity index (χ0n) is 11.6. The van der Waals surface area contributed by atoms with Gasteiger partial charge in [-0.05, 0) is 51.7 Å². The minimum Gasteiger partial charge on any atom is -0.399 e. The summed E-state index contributed by atoms with van der Waals surface area (Å²) in [6.45, 7) is 2.02. The molecule has 0 fully saturated rings. The van der Waals surface area contributed by atoms with Gasteiger partial charge in [-0.25, -0.2) is 9.97 Å². The summed E-state index contributed by atoms with van der Waals surface area (Å²) in [5.74, 6) is 0.863. The van der Waals surface area contributed by atoms with Gasteiger partial charge in [0.25, 0.3) is 0 Å². The molecule has 2 aromatic rings. The van der Waals surface area contributed by atoms with Crippen molar-refractivity contribution in [3.8, 4) is 0 Å². The van der Waals surface area contributed by atoms with Gasteiger partial charge in [0.15, 0.2) is 0 Å². The topological polar surface area (TPSA) is 67.1 Å². The van der Waals surface area contributed by atoms with Gasteiger partial charge in [-0.1, -0.05) is 0 Å². The fourth-order valence-electron chi connectivity index (χ4n) is 1.97. The average molecular weight is 259 g/mol. The standard InChI is InChI=1S/C14H21N5/c1-19(2)8-4-3-7-16-14-12-9-11(15)5-6-13(12)17-10-18-14/h5-6,9-10H,3-4,7-8,15H2,1-2H3,(H,16,17,18). The average Bonchev–Trinajstić information content (AvgIpc) is 2.38. The predicted octanol–water partition coefficient (Wildman–Crippen LogP) is 1.97. The Morgan fingerprint density at radius 1 is 1.21 bits per heavy atom. The molecule has 0 aliphatic carbocycles. The first-order valence-corrected chi connectivity index (χ1v) is 6.55. The molecule has 5 heteroatoms. The minimum atomic E-state index is 0.734. The second kappa shape index (κ2) is 6.33. The van der Waals surface area contributed by atoms with E-state index in [1.54, 1.807) is 6.33 Å². The number of hydrogen-bond donors (Lipinski definition) is 2. The van der Waals surface area contributed by atoms with Crippen molar-refractivity contribution in [2.75, 3.05) is 38.2 Å². The van der Waals surface area contributed by atoms with Crippen LogP contribution in [0.4, 0.5) is 11.5 Å². The van der Waals surface area contributed by atoms with Crippen LogP contribution >= 0.6 is 0 Å². The molecule has 1 heterocycles. The largest absolute Gasteiger partial charge is 0.399 e. The Balaban J connectivity index is 1.98. The molecule has 3 N–H and O–H groups in total. The Morgan fingerprint density at radius 3 is 2.84 bits per heavy atom. The van der Waals surface area contributed by atoms with Gasteiger partial charge < -0.3 is 16.0 Å². The van der Waals surface area contributed by atoms with Crippen molar-refractivity contribution >= 4 is 22.4 Å². The summed E-state index contributed by atoms with van der Waals surface area (Å²) in [5.41, 5.74) is 7.46. The molecule has 0 radical (unpaired) electrons. The fourth-order valence-corrected chi connectivity index (χ4v) is 1.97. The van der Waals surface area contributed by atoms with Crippen LogP contribution in [0, 0.1) is 0 Å². The second-order valence-corrected chi connectivity index (χ2v) is 4.94. The first-order chi connectivity index (χ1) is 9.16. The quantitative estimate of drug-likeness (QED) is 0.613. The maximum Gasteiger partial charge on any atom is 0.137 e. The third-order valence-electron chi connectivity index (χ3n) is 2.98. The monoisotopic (exact) mass is 259 g/mol. The van der Waals surface area contributed by atoms with E-state index in [0.29, 0.717) is 0 Å². The lowest BCUT2D eigenvalue weighted by Crippen LogP contribution is -2.14. The van der Waals surface area contributed by atoms with Crippen molar-refractivity contribution in [1.29, 1.82) is 0 Å². The van der Waals surface area contributed by atoms with E-state index in [-0.39, 0.29) is 0 Å². The number of nitrogen functional groups attached to an aromatic ring is 1. The van der Waals surface area contributed by atoms with Crippen LogP contribution in [-0.4, -0.2) is 42.1 Å². The summed E-state index contributed by atoms with van der Waals surface area (Å²) >= 11 is 0. The highest BCUT2D eigenvalue weighted by atomic mass is 15.0. The van der Waals surface area contributed by atoms with Crippen molar-refractivity contribution in [3.63, 3.8) is 0 Å². The molecule has 0 aliphatic rings. The van der Waals surface area contributed by atoms with Crippen LogP contribution < -0.4 is 11.1 Å². The maximum atomic E-state index is 5.81. The van der Waals surface area contributed by atoms with Gasteiger partial charge >= 0.3 is 0 Å². The molecular formula is C14H21N5. The minimum absolute atomic E-state index is 0.734. The highest BCUT2D eigenvalue weighted by Gasteiger charge is 2.03. The molecule has 5 nitrogen and oxygen atoms in total. The SMILES string of the molecule is CN(C)CCCCNc1ncnc2ccc(N)cc12. The molecule has 102 valence electrons. The zero-order valence-corrected chi connectivity index (χ0v) is 11.6. The van der Waals surface area contributed by atoms with Crippen LogP contribution in [0.15, 0.2) is 24.5 Å². The number of hydrogen-bond acceptors (Lipinski definition) is 5. The maximum absolute atomic E-state index is 5.81. The van der Waals surface area contributed by atoms with Crippen molar-refractivity contribution in [1.82, 2.24) is 14.9 Å². The highest BCUT2D eigenvalue weighted by Crippen LogP contribution is 2.21. The number of fused-ring (bicyclic) bond motifs is 1. The van der Waals surface area contributed by atoms with Crippen LogP contribution in [-0.2, 0) is 0 Å². The number of benzene rings is 1. The summed E-state index contributed by atoms with van der Waals surface area (Å²) in [6, 6.07) is 5.69. The van der Waals surface area contributed by atoms with Crippen molar-refractivity contribution in [2.45, 2.75) is 12.8 Å². The second-order valence-electron chi connectivity index (χ2n) is 4.94. The summed E-state index contributed by atoms with van der Waals surface area (Å²) in [6.07, 6.45) is 3.87.